The number of carbonyl (C=O) groups excluding carboxylic acids is 14. The summed E-state index contributed by atoms with van der Waals surface area (Å²) in [7, 11) is 0. The molecule has 0 fully saturated rings. The minimum Gasteiger partial charge on any atom is -0.480 e. The molecule has 0 saturated carbocycles. The highest BCUT2D eigenvalue weighted by Gasteiger charge is 2.41. The molecule has 0 bridgehead atoms. The van der Waals surface area contributed by atoms with Gasteiger partial charge in [0.2, 0.25) is 82.7 Å². The molecule has 38 nitrogen and oxygen atoms in total. The Bertz CT molecular complexity index is 4520. The molecule has 27 N–H and O–H groups in total. The van der Waals surface area contributed by atoms with Gasteiger partial charge in [-0.15, -0.1) is 0 Å². The molecule has 6 rings (SSSR count). The molecule has 0 radical (unpaired) electrons. The molecule has 0 aliphatic carbocycles. The molecule has 0 saturated heterocycles. The van der Waals surface area contributed by atoms with Crippen molar-refractivity contribution in [1.82, 2.24) is 73.7 Å². The zero-order chi connectivity index (χ0) is 91.0. The van der Waals surface area contributed by atoms with Crippen molar-refractivity contribution in [2.75, 3.05) is 50.8 Å². The first kappa shape index (κ1) is 101. The molecule has 124 heavy (non-hydrogen) atoms. The van der Waals surface area contributed by atoms with E-state index in [0.717, 1.165) is 18.7 Å². The molecule has 6 aromatic rings. The second-order valence-electron chi connectivity index (χ2n) is 29.6. The van der Waals surface area contributed by atoms with Crippen LogP contribution in [0.4, 0.5) is 0 Å². The molecule has 14 amide bonds. The van der Waals surface area contributed by atoms with Gasteiger partial charge in [0.25, 0.3) is 0 Å². The number of carboxylic acids is 1. The number of hydrogen-bond acceptors (Lipinski definition) is 24. The third-order valence-corrected chi connectivity index (χ3v) is 20.7. The van der Waals surface area contributed by atoms with Gasteiger partial charge in [-0.05, 0) is 99.3 Å². The summed E-state index contributed by atoms with van der Waals surface area (Å²) in [6, 6.07) is 19.0. The van der Waals surface area contributed by atoms with E-state index < -0.39 is 199 Å². The highest BCUT2D eigenvalue weighted by molar-refractivity contribution is 7.80. The summed E-state index contributed by atoms with van der Waals surface area (Å²) in [5.74, 6) is -16.2. The number of carbonyl (C=O) groups is 15. The summed E-state index contributed by atoms with van der Waals surface area (Å²) < 4.78 is 0. The van der Waals surface area contributed by atoms with Crippen LogP contribution < -0.4 is 92.5 Å². The zero-order valence-corrected chi connectivity index (χ0v) is 70.7. The minimum atomic E-state index is -1.92. The van der Waals surface area contributed by atoms with E-state index in [2.05, 4.69) is 94.0 Å². The van der Waals surface area contributed by atoms with Gasteiger partial charge in [-0.3, -0.25) is 67.1 Å². The topological polar surface area (TPSA) is 630 Å². The first-order valence-electron chi connectivity index (χ1n) is 40.5. The lowest BCUT2D eigenvalue weighted by molar-refractivity contribution is -0.151. The third-order valence-electron chi connectivity index (χ3n) is 20.0. The molecule has 0 aliphatic heterocycles. The van der Waals surface area contributed by atoms with Gasteiger partial charge in [0.15, 0.2) is 0 Å². The van der Waals surface area contributed by atoms with Crippen LogP contribution in [0.1, 0.15) is 86.6 Å². The number of thiol groups is 2. The number of rotatable bonds is 54. The van der Waals surface area contributed by atoms with E-state index in [4.69, 9.17) is 28.7 Å². The van der Waals surface area contributed by atoms with E-state index in [1.165, 1.54) is 0 Å². The maximum Gasteiger partial charge on any atom is 0.327 e. The molecule has 1 heterocycles. The number of amides is 14. The Balaban J connectivity index is 1.32. The lowest BCUT2D eigenvalue weighted by atomic mass is 9.99. The molecular formula is C84H115N19O19S2. The lowest BCUT2D eigenvalue weighted by Crippen LogP contribution is -2.63. The molecule has 0 aliphatic rings. The molecule has 1 aromatic heterocycles. The Morgan fingerprint density at radius 2 is 0.734 bits per heavy atom. The smallest absolute Gasteiger partial charge is 0.327 e. The number of aromatic nitrogens is 1. The van der Waals surface area contributed by atoms with Crippen LogP contribution in [-0.4, -0.2) is 261 Å². The zero-order valence-electron chi connectivity index (χ0n) is 68.9. The number of aliphatic hydroxyl groups excluding tert-OH is 3. The fourth-order valence-corrected chi connectivity index (χ4v) is 14.0. The van der Waals surface area contributed by atoms with Gasteiger partial charge >= 0.3 is 5.97 Å². The van der Waals surface area contributed by atoms with Crippen molar-refractivity contribution in [3.05, 3.63) is 180 Å². The summed E-state index contributed by atoms with van der Waals surface area (Å²) in [6.07, 6.45) is -3.12. The number of para-hydroxylation sites is 1. The van der Waals surface area contributed by atoms with Gasteiger partial charge in [-0.25, -0.2) is 4.79 Å². The quantitative estimate of drug-likeness (QED) is 0.0126. The largest absolute Gasteiger partial charge is 0.480 e. The number of nitrogens with one attached hydrogen (secondary N) is 13. The van der Waals surface area contributed by atoms with Crippen LogP contribution >= 0.6 is 25.3 Å². The number of nitrogens with zero attached hydrogens (tertiary/aromatic N) is 1. The number of aromatic amines is 1. The Hall–Kier alpha value is -11.9. The van der Waals surface area contributed by atoms with Crippen molar-refractivity contribution in [2.45, 2.75) is 182 Å². The van der Waals surface area contributed by atoms with E-state index in [9.17, 15) is 73.2 Å². The first-order chi connectivity index (χ1) is 59.4. The van der Waals surface area contributed by atoms with E-state index >= 15 is 19.2 Å². The average molecular weight is 1760 g/mol. The molecule has 0 spiro atoms. The van der Waals surface area contributed by atoms with Crippen LogP contribution in [0.15, 0.2) is 152 Å². The maximum absolute atomic E-state index is 15.5. The van der Waals surface area contributed by atoms with E-state index in [0.29, 0.717) is 51.6 Å². The highest BCUT2D eigenvalue weighted by atomic mass is 32.1. The summed E-state index contributed by atoms with van der Waals surface area (Å²) in [4.78, 5) is 217. The number of hydrogen-bond donors (Lipinski definition) is 24. The summed E-state index contributed by atoms with van der Waals surface area (Å²) in [6.45, 7) is 0.484. The average Bonchev–Trinajstić information content (AvgIpc) is 1.47. The summed E-state index contributed by atoms with van der Waals surface area (Å²) >= 11 is 8.20. The number of aliphatic hydroxyl groups is 3. The molecule has 0 unspecified atom stereocenters. The highest BCUT2D eigenvalue weighted by Crippen LogP contribution is 2.21. The third kappa shape index (κ3) is 32.4. The van der Waals surface area contributed by atoms with Crippen LogP contribution in [0.25, 0.3) is 10.9 Å². The number of aliphatic carboxylic acids is 1. The number of nitrogens with two attached hydrogens (primary N) is 5. The first-order valence-corrected chi connectivity index (χ1v) is 41.8. The van der Waals surface area contributed by atoms with Gasteiger partial charge in [0.1, 0.15) is 78.5 Å². The number of benzene rings is 5. The Labute approximate surface area is 727 Å². The standard InChI is InChI=1S/C84H115N19O19S2/c1-48(105)70(81(118)99-62(40-53-27-13-6-14-28-53)79(116)102-71(49(2)106)82(119)100-65(45-104)83(120)103(36-35-87)67(47-124)84(121)122)101-73(110)58(32-18-20-34-86)92-77(114)63(41-54-44-90-56-30-16-15-29-55(54)56)97-76(113)61(39-52-25-11-5-12-26-52)95-74(111)59(37-50-21-7-3-8-22-50)94-75(112)60(38-51-23-9-4-10-24-51)96-78(115)64(42-68(89)107)98-72(109)57(31-17-19-33-85)93-80(117)66(46-123)91-69(108)43-88/h3-16,21-30,44,48-49,57-67,70-71,90,104-106,123-124H,17-20,31-43,45-47,85-88H2,1-2H3,(H2,89,107)(H,91,108)(H,92,114)(H,93,117)(H,94,112)(H,95,111)(H,96,115)(H,97,113)(H,98,109)(H,99,118)(H,100,119)(H,101,110)(H,102,116)(H,121,122)/t48-,49-,57+,58+,59+,60+,61+,62+,63-,64+,65+,66+,67+,70+,71+/m1/s1. The maximum atomic E-state index is 15.5. The Morgan fingerprint density at radius 1 is 0.395 bits per heavy atom. The van der Waals surface area contributed by atoms with Crippen LogP contribution in [-0.2, 0) is 104 Å². The minimum absolute atomic E-state index is 0.0339. The van der Waals surface area contributed by atoms with Crippen LogP contribution in [0.3, 0.4) is 0 Å². The second-order valence-corrected chi connectivity index (χ2v) is 30.3. The second kappa shape index (κ2) is 52.5. The van der Waals surface area contributed by atoms with Crippen molar-refractivity contribution < 1.29 is 92.3 Å². The van der Waals surface area contributed by atoms with Crippen molar-refractivity contribution in [3.63, 3.8) is 0 Å². The van der Waals surface area contributed by atoms with Crippen LogP contribution in [0.2, 0.25) is 0 Å². The van der Waals surface area contributed by atoms with E-state index in [-0.39, 0.29) is 95.5 Å². The number of unbranched alkanes of at least 4 members (excludes halogenated alkanes) is 2. The Kier molecular flexibility index (Phi) is 42.8. The van der Waals surface area contributed by atoms with Gasteiger partial charge in [-0.2, -0.15) is 25.3 Å². The molecule has 5 aromatic carbocycles. The van der Waals surface area contributed by atoms with Crippen LogP contribution in [0, 0.1) is 0 Å². The fourth-order valence-electron chi connectivity index (χ4n) is 13.3. The predicted octanol–water partition coefficient (Wildman–Crippen LogP) is -4.56. The monoisotopic (exact) mass is 1760 g/mol. The number of carboxylic acid groups (broad SMARTS) is 1. The predicted molar refractivity (Wildman–Crippen MR) is 465 cm³/mol. The van der Waals surface area contributed by atoms with E-state index in [1.54, 1.807) is 152 Å². The van der Waals surface area contributed by atoms with Gasteiger partial charge < -0.3 is 123 Å². The van der Waals surface area contributed by atoms with Crippen molar-refractivity contribution in [3.8, 4) is 0 Å². The normalized spacial score (nSPS) is 14.8. The summed E-state index contributed by atoms with van der Waals surface area (Å²) in [5, 5.41) is 73.9. The van der Waals surface area contributed by atoms with Crippen molar-refractivity contribution >= 4 is 125 Å². The summed E-state index contributed by atoms with van der Waals surface area (Å²) in [5.41, 5.74) is 31.5. The Morgan fingerprint density at radius 3 is 1.10 bits per heavy atom. The molecule has 15 atom stereocenters. The van der Waals surface area contributed by atoms with Crippen LogP contribution in [0.5, 0.6) is 0 Å². The molecular weight excluding hydrogens is 1640 g/mol. The van der Waals surface area contributed by atoms with Crippen molar-refractivity contribution in [2.24, 2.45) is 28.7 Å². The fraction of sp³-hybridized carbons (Fsp3) is 0.440. The molecule has 40 heteroatoms. The lowest BCUT2D eigenvalue weighted by Gasteiger charge is -2.32. The number of fused-ring (bicyclic) bond motifs is 1. The van der Waals surface area contributed by atoms with E-state index in [1.807, 2.05) is 0 Å². The van der Waals surface area contributed by atoms with Gasteiger partial charge in [0.05, 0.1) is 31.8 Å². The van der Waals surface area contributed by atoms with Crippen molar-refractivity contribution in [1.29, 1.82) is 0 Å². The SMILES string of the molecule is C[C@@H](O)[C@H](NC(=O)[C@H](CCCCN)NC(=O)[C@@H](Cc1c[nH]c2ccccc12)NC(=O)[C@H](Cc1ccccc1)NC(=O)[C@H](Cc1ccccc1)NC(=O)[C@H](Cc1ccccc1)NC(=O)[C@H](CC(N)=O)NC(=O)[C@H](CCCCN)NC(=O)[C@H](CS)NC(=O)CN)C(=O)N[C@@H](Cc1ccccc1)C(=O)N[C@H](C(=O)N[C@@H](CO)C(=O)N(CCN)[C@@H](CS)C(=O)O)[C@@H](C)O. The van der Waals surface area contributed by atoms with Gasteiger partial charge in [-0.1, -0.05) is 140 Å². The molecule has 672 valence electrons. The number of H-pyrrole nitrogens is 1. The van der Waals surface area contributed by atoms with Gasteiger partial charge in [0, 0.05) is 73.8 Å². The number of primary amides is 1.